The van der Waals surface area contributed by atoms with Gasteiger partial charge >= 0.3 is 0 Å². The number of nitrogens with one attached hydrogen (secondary N) is 2. The molecule has 0 aliphatic carbocycles. The summed E-state index contributed by atoms with van der Waals surface area (Å²) in [5.74, 6) is 0.692. The first-order chi connectivity index (χ1) is 8.06. The first-order valence-corrected chi connectivity index (χ1v) is 5.06. The molecule has 0 aliphatic rings. The van der Waals surface area contributed by atoms with Gasteiger partial charge in [0.25, 0.3) is 5.91 Å². The van der Waals surface area contributed by atoms with Crippen LogP contribution in [0.4, 0.5) is 5.95 Å². The Morgan fingerprint density at radius 3 is 2.76 bits per heavy atom. The van der Waals surface area contributed by atoms with E-state index >= 15 is 0 Å². The van der Waals surface area contributed by atoms with Crippen LogP contribution in [0.5, 0.6) is 5.75 Å². The normalized spacial score (nSPS) is 10.2. The minimum Gasteiger partial charge on any atom is -0.508 e. The van der Waals surface area contributed by atoms with Crippen molar-refractivity contribution in [3.63, 3.8) is 0 Å². The number of aryl methyl sites for hydroxylation is 2. The molecule has 0 saturated heterocycles. The summed E-state index contributed by atoms with van der Waals surface area (Å²) in [5, 5.41) is 18.3. The van der Waals surface area contributed by atoms with Crippen LogP contribution in [0.25, 0.3) is 0 Å². The van der Waals surface area contributed by atoms with Crippen molar-refractivity contribution in [2.24, 2.45) is 0 Å². The van der Waals surface area contributed by atoms with E-state index in [0.717, 1.165) is 0 Å². The predicted molar refractivity (Wildman–Crippen MR) is 61.9 cm³/mol. The summed E-state index contributed by atoms with van der Waals surface area (Å²) in [6, 6.07) is 4.54. The van der Waals surface area contributed by atoms with Crippen LogP contribution in [0.15, 0.2) is 18.2 Å². The van der Waals surface area contributed by atoms with E-state index in [9.17, 15) is 9.90 Å². The number of aromatic amines is 1. The Morgan fingerprint density at radius 1 is 1.41 bits per heavy atom. The van der Waals surface area contributed by atoms with Crippen LogP contribution in [-0.4, -0.2) is 26.2 Å². The molecule has 2 rings (SSSR count). The minimum absolute atomic E-state index is 0.132. The number of aromatic nitrogens is 3. The van der Waals surface area contributed by atoms with E-state index in [4.69, 9.17) is 0 Å². The lowest BCUT2D eigenvalue weighted by atomic mass is 10.1. The van der Waals surface area contributed by atoms with Gasteiger partial charge < -0.3 is 5.11 Å². The quantitative estimate of drug-likeness (QED) is 0.729. The van der Waals surface area contributed by atoms with Crippen LogP contribution < -0.4 is 5.32 Å². The van der Waals surface area contributed by atoms with Crippen molar-refractivity contribution in [1.29, 1.82) is 0 Å². The highest BCUT2D eigenvalue weighted by Gasteiger charge is 2.11. The summed E-state index contributed by atoms with van der Waals surface area (Å²) in [6.07, 6.45) is 0. The molecular formula is C11H12N4O2. The van der Waals surface area contributed by atoms with Gasteiger partial charge in [-0.2, -0.15) is 4.98 Å². The highest BCUT2D eigenvalue weighted by atomic mass is 16.3. The standard InChI is InChI=1S/C11H12N4O2/c1-6-5-8(16)3-4-9(6)10(17)13-11-12-7(2)14-15-11/h3-5,16H,1-2H3,(H2,12,13,14,15,17). The maximum Gasteiger partial charge on any atom is 0.258 e. The second-order valence-corrected chi connectivity index (χ2v) is 3.70. The molecular weight excluding hydrogens is 220 g/mol. The molecule has 0 radical (unpaired) electrons. The number of phenolic OH excluding ortho intramolecular Hbond substituents is 1. The molecule has 0 unspecified atom stereocenters. The van der Waals surface area contributed by atoms with E-state index in [1.54, 1.807) is 19.9 Å². The lowest BCUT2D eigenvalue weighted by Gasteiger charge is -2.04. The van der Waals surface area contributed by atoms with Crippen molar-refractivity contribution in [1.82, 2.24) is 15.2 Å². The number of anilines is 1. The molecule has 0 saturated carbocycles. The van der Waals surface area contributed by atoms with Crippen molar-refractivity contribution < 1.29 is 9.90 Å². The van der Waals surface area contributed by atoms with E-state index in [0.29, 0.717) is 17.0 Å². The van der Waals surface area contributed by atoms with Gasteiger partial charge in [-0.3, -0.25) is 15.2 Å². The molecule has 0 aliphatic heterocycles. The smallest absolute Gasteiger partial charge is 0.258 e. The van der Waals surface area contributed by atoms with E-state index in [2.05, 4.69) is 20.5 Å². The number of phenols is 1. The molecule has 0 bridgehead atoms. The maximum absolute atomic E-state index is 11.9. The Morgan fingerprint density at radius 2 is 2.18 bits per heavy atom. The first-order valence-electron chi connectivity index (χ1n) is 5.06. The van der Waals surface area contributed by atoms with Crippen LogP contribution in [0, 0.1) is 13.8 Å². The fraction of sp³-hybridized carbons (Fsp3) is 0.182. The Bertz CT molecular complexity index is 562. The van der Waals surface area contributed by atoms with Crippen molar-refractivity contribution in [2.45, 2.75) is 13.8 Å². The molecule has 0 fully saturated rings. The van der Waals surface area contributed by atoms with Gasteiger partial charge in [0.15, 0.2) is 0 Å². The molecule has 2 aromatic rings. The molecule has 6 nitrogen and oxygen atoms in total. The van der Waals surface area contributed by atoms with Gasteiger partial charge in [-0.15, -0.1) is 5.10 Å². The topological polar surface area (TPSA) is 90.9 Å². The first kappa shape index (κ1) is 11.1. The molecule has 6 heteroatoms. The number of benzene rings is 1. The average molecular weight is 232 g/mol. The molecule has 1 heterocycles. The Kier molecular flexibility index (Phi) is 2.78. The Balaban J connectivity index is 2.20. The summed E-state index contributed by atoms with van der Waals surface area (Å²) in [7, 11) is 0. The summed E-state index contributed by atoms with van der Waals surface area (Å²) in [5.41, 5.74) is 1.17. The summed E-state index contributed by atoms with van der Waals surface area (Å²) in [4.78, 5) is 15.8. The highest BCUT2D eigenvalue weighted by Crippen LogP contribution is 2.16. The number of carbonyl (C=O) groups is 1. The van der Waals surface area contributed by atoms with Crippen molar-refractivity contribution in [3.8, 4) is 5.75 Å². The highest BCUT2D eigenvalue weighted by molar-refractivity contribution is 6.04. The molecule has 17 heavy (non-hydrogen) atoms. The zero-order valence-corrected chi connectivity index (χ0v) is 9.48. The number of hydrogen-bond acceptors (Lipinski definition) is 4. The second kappa shape index (κ2) is 4.25. The van der Waals surface area contributed by atoms with Crippen LogP contribution in [0.3, 0.4) is 0 Å². The fourth-order valence-corrected chi connectivity index (χ4v) is 1.47. The molecule has 0 atom stereocenters. The molecule has 88 valence electrons. The van der Waals surface area contributed by atoms with Gasteiger partial charge in [0.05, 0.1) is 0 Å². The number of nitrogens with zero attached hydrogens (tertiary/aromatic N) is 2. The molecule has 3 N–H and O–H groups in total. The van der Waals surface area contributed by atoms with Gasteiger partial charge in [0.2, 0.25) is 5.95 Å². The number of carbonyl (C=O) groups excluding carboxylic acids is 1. The van der Waals surface area contributed by atoms with Crippen LogP contribution in [-0.2, 0) is 0 Å². The fourth-order valence-electron chi connectivity index (χ4n) is 1.47. The number of rotatable bonds is 2. The Labute approximate surface area is 97.7 Å². The third-order valence-electron chi connectivity index (χ3n) is 2.28. The monoisotopic (exact) mass is 232 g/mol. The lowest BCUT2D eigenvalue weighted by Crippen LogP contribution is -2.14. The number of H-pyrrole nitrogens is 1. The van der Waals surface area contributed by atoms with E-state index in [1.165, 1.54) is 12.1 Å². The van der Waals surface area contributed by atoms with E-state index in [-0.39, 0.29) is 17.6 Å². The van der Waals surface area contributed by atoms with Gasteiger partial charge in [-0.25, -0.2) is 0 Å². The lowest BCUT2D eigenvalue weighted by molar-refractivity contribution is 0.102. The molecule has 0 spiro atoms. The molecule has 1 aromatic heterocycles. The molecule has 1 amide bonds. The maximum atomic E-state index is 11.9. The number of aromatic hydroxyl groups is 1. The van der Waals surface area contributed by atoms with Crippen molar-refractivity contribution in [3.05, 3.63) is 35.2 Å². The van der Waals surface area contributed by atoms with Crippen LogP contribution in [0.1, 0.15) is 21.7 Å². The third-order valence-corrected chi connectivity index (χ3v) is 2.28. The molecule has 1 aromatic carbocycles. The van der Waals surface area contributed by atoms with E-state index in [1.807, 2.05) is 0 Å². The van der Waals surface area contributed by atoms with Crippen LogP contribution >= 0.6 is 0 Å². The van der Waals surface area contributed by atoms with E-state index < -0.39 is 0 Å². The predicted octanol–water partition coefficient (Wildman–Crippen LogP) is 1.38. The number of hydrogen-bond donors (Lipinski definition) is 3. The van der Waals surface area contributed by atoms with Gasteiger partial charge in [-0.1, -0.05) is 0 Å². The minimum atomic E-state index is -0.304. The summed E-state index contributed by atoms with van der Waals surface area (Å²) < 4.78 is 0. The largest absolute Gasteiger partial charge is 0.508 e. The van der Waals surface area contributed by atoms with Gasteiger partial charge in [0.1, 0.15) is 11.6 Å². The Hall–Kier alpha value is -2.37. The zero-order chi connectivity index (χ0) is 12.4. The summed E-state index contributed by atoms with van der Waals surface area (Å²) in [6.45, 7) is 3.49. The third kappa shape index (κ3) is 2.41. The van der Waals surface area contributed by atoms with Crippen molar-refractivity contribution in [2.75, 3.05) is 5.32 Å². The second-order valence-electron chi connectivity index (χ2n) is 3.70. The SMILES string of the molecule is Cc1nc(NC(=O)c2ccc(O)cc2C)n[nH]1. The number of amides is 1. The summed E-state index contributed by atoms with van der Waals surface area (Å²) >= 11 is 0. The van der Waals surface area contributed by atoms with Gasteiger partial charge in [0, 0.05) is 5.56 Å². The van der Waals surface area contributed by atoms with Gasteiger partial charge in [-0.05, 0) is 37.6 Å². The van der Waals surface area contributed by atoms with Crippen molar-refractivity contribution >= 4 is 11.9 Å². The van der Waals surface area contributed by atoms with Crippen LogP contribution in [0.2, 0.25) is 0 Å². The average Bonchev–Trinajstić information content (AvgIpc) is 2.63. The zero-order valence-electron chi connectivity index (χ0n) is 9.48.